The number of rotatable bonds is 6. The first kappa shape index (κ1) is 13.7. The van der Waals surface area contributed by atoms with Gasteiger partial charge in [0.1, 0.15) is 0 Å². The van der Waals surface area contributed by atoms with E-state index in [4.69, 9.17) is 13.9 Å². The standard InChI is InChI=1S/C10H20NO4P/c1-5-13-16(12,14-6-2)10-7-9(8(3)4)11-15-10/h8,10H,5-7H2,1-4H3/t10-/m1/s1. The second kappa shape index (κ2) is 5.80. The van der Waals surface area contributed by atoms with E-state index in [1.807, 2.05) is 13.8 Å². The zero-order valence-electron chi connectivity index (χ0n) is 10.3. The van der Waals surface area contributed by atoms with Gasteiger partial charge in [0, 0.05) is 6.42 Å². The molecule has 0 amide bonds. The van der Waals surface area contributed by atoms with Crippen LogP contribution in [-0.2, 0) is 18.5 Å². The van der Waals surface area contributed by atoms with Crippen molar-refractivity contribution in [3.63, 3.8) is 0 Å². The SMILES string of the molecule is CCOP(=O)(OCC)[C@@H]1CC(C(C)C)=NO1. The molecular formula is C10H20NO4P. The molecule has 0 saturated heterocycles. The molecule has 1 aliphatic heterocycles. The molecule has 6 heteroatoms. The molecule has 0 radical (unpaired) electrons. The second-order valence-electron chi connectivity index (χ2n) is 3.88. The lowest BCUT2D eigenvalue weighted by molar-refractivity contribution is 0.0958. The van der Waals surface area contributed by atoms with E-state index in [9.17, 15) is 4.57 Å². The lowest BCUT2D eigenvalue weighted by Crippen LogP contribution is -2.15. The molecule has 0 aliphatic carbocycles. The van der Waals surface area contributed by atoms with Gasteiger partial charge in [-0.3, -0.25) is 4.57 Å². The van der Waals surface area contributed by atoms with E-state index in [2.05, 4.69) is 5.16 Å². The topological polar surface area (TPSA) is 57.1 Å². The van der Waals surface area contributed by atoms with E-state index in [1.54, 1.807) is 13.8 Å². The molecule has 94 valence electrons. The molecule has 1 heterocycles. The van der Waals surface area contributed by atoms with Gasteiger partial charge in [-0.1, -0.05) is 19.0 Å². The molecule has 0 saturated carbocycles. The Balaban J connectivity index is 2.67. The lowest BCUT2D eigenvalue weighted by atomic mass is 10.1. The third-order valence-electron chi connectivity index (χ3n) is 2.31. The fourth-order valence-corrected chi connectivity index (χ4v) is 3.16. The van der Waals surface area contributed by atoms with Crippen LogP contribution in [0.5, 0.6) is 0 Å². The van der Waals surface area contributed by atoms with Gasteiger partial charge in [0.25, 0.3) is 0 Å². The summed E-state index contributed by atoms with van der Waals surface area (Å²) < 4.78 is 22.8. The minimum absolute atomic E-state index is 0.293. The third kappa shape index (κ3) is 3.06. The first-order valence-electron chi connectivity index (χ1n) is 5.64. The zero-order valence-corrected chi connectivity index (χ0v) is 11.2. The Morgan fingerprint density at radius 2 is 2.00 bits per heavy atom. The third-order valence-corrected chi connectivity index (χ3v) is 4.53. The van der Waals surface area contributed by atoms with E-state index in [-0.39, 0.29) is 0 Å². The number of nitrogens with zero attached hydrogens (tertiary/aromatic N) is 1. The summed E-state index contributed by atoms with van der Waals surface area (Å²) in [5, 5.41) is 3.93. The molecule has 0 bridgehead atoms. The quantitative estimate of drug-likeness (QED) is 0.679. The van der Waals surface area contributed by atoms with Crippen molar-refractivity contribution in [3.8, 4) is 0 Å². The lowest BCUT2D eigenvalue weighted by Gasteiger charge is -2.20. The maximum atomic E-state index is 12.3. The molecule has 0 aromatic heterocycles. The van der Waals surface area contributed by atoms with Gasteiger partial charge in [-0.05, 0) is 19.8 Å². The van der Waals surface area contributed by atoms with Crippen LogP contribution in [0.2, 0.25) is 0 Å². The highest BCUT2D eigenvalue weighted by Gasteiger charge is 2.42. The molecule has 1 aliphatic rings. The summed E-state index contributed by atoms with van der Waals surface area (Å²) >= 11 is 0. The minimum atomic E-state index is -3.18. The molecule has 5 nitrogen and oxygen atoms in total. The molecule has 16 heavy (non-hydrogen) atoms. The van der Waals surface area contributed by atoms with Crippen LogP contribution in [-0.4, -0.2) is 24.8 Å². The Bertz CT molecular complexity index is 293. The summed E-state index contributed by atoms with van der Waals surface area (Å²) in [6.07, 6.45) is 0.523. The van der Waals surface area contributed by atoms with E-state index in [0.717, 1.165) is 5.71 Å². The zero-order chi connectivity index (χ0) is 12.2. The van der Waals surface area contributed by atoms with Gasteiger partial charge >= 0.3 is 7.60 Å². The van der Waals surface area contributed by atoms with Crippen molar-refractivity contribution in [1.82, 2.24) is 0 Å². The van der Waals surface area contributed by atoms with Gasteiger partial charge in [-0.15, -0.1) is 0 Å². The predicted octanol–water partition coefficient (Wildman–Crippen LogP) is 3.01. The molecule has 0 fully saturated rings. The van der Waals surface area contributed by atoms with Crippen molar-refractivity contribution < 1.29 is 18.5 Å². The largest absolute Gasteiger partial charge is 0.379 e. The van der Waals surface area contributed by atoms with Crippen molar-refractivity contribution in [1.29, 1.82) is 0 Å². The Kier molecular flexibility index (Phi) is 4.96. The molecule has 0 aromatic rings. The Labute approximate surface area is 96.7 Å². The van der Waals surface area contributed by atoms with Crippen LogP contribution in [0, 0.1) is 5.92 Å². The molecule has 0 spiro atoms. The fourth-order valence-electron chi connectivity index (χ4n) is 1.46. The molecular weight excluding hydrogens is 229 g/mol. The van der Waals surface area contributed by atoms with E-state index >= 15 is 0 Å². The smallest absolute Gasteiger partial charge is 0.374 e. The maximum Gasteiger partial charge on any atom is 0.374 e. The van der Waals surface area contributed by atoms with Gasteiger partial charge < -0.3 is 13.9 Å². The summed E-state index contributed by atoms with van der Waals surface area (Å²) in [5.41, 5.74) is 0.907. The van der Waals surface area contributed by atoms with Gasteiger partial charge in [-0.25, -0.2) is 0 Å². The van der Waals surface area contributed by atoms with Gasteiger partial charge in [0.05, 0.1) is 18.9 Å². The van der Waals surface area contributed by atoms with Crippen molar-refractivity contribution in [3.05, 3.63) is 0 Å². The van der Waals surface area contributed by atoms with Crippen LogP contribution in [0.1, 0.15) is 34.1 Å². The summed E-state index contributed by atoms with van der Waals surface area (Å²) in [7, 11) is -3.18. The van der Waals surface area contributed by atoms with Crippen molar-refractivity contribution in [2.45, 2.75) is 40.0 Å². The highest BCUT2D eigenvalue weighted by atomic mass is 31.2. The molecule has 1 atom stereocenters. The van der Waals surface area contributed by atoms with Gasteiger partial charge in [-0.2, -0.15) is 0 Å². The first-order valence-corrected chi connectivity index (χ1v) is 7.26. The molecule has 0 unspecified atom stereocenters. The molecule has 0 N–H and O–H groups in total. The summed E-state index contributed by atoms with van der Waals surface area (Å²) in [6.45, 7) is 8.30. The van der Waals surface area contributed by atoms with Gasteiger partial charge in [0.15, 0.2) is 0 Å². The normalized spacial score (nSPS) is 21.1. The van der Waals surface area contributed by atoms with Crippen molar-refractivity contribution >= 4 is 13.3 Å². The Hall–Kier alpha value is -0.380. The highest BCUT2D eigenvalue weighted by molar-refractivity contribution is 7.54. The predicted molar refractivity (Wildman–Crippen MR) is 62.6 cm³/mol. The van der Waals surface area contributed by atoms with E-state index < -0.39 is 13.4 Å². The number of oxime groups is 1. The minimum Gasteiger partial charge on any atom is -0.379 e. The fraction of sp³-hybridized carbons (Fsp3) is 0.900. The average molecular weight is 249 g/mol. The van der Waals surface area contributed by atoms with Crippen LogP contribution in [0.15, 0.2) is 5.16 Å². The van der Waals surface area contributed by atoms with Gasteiger partial charge in [0.2, 0.25) is 5.85 Å². The summed E-state index contributed by atoms with van der Waals surface area (Å²) in [6, 6.07) is 0. The van der Waals surface area contributed by atoms with Crippen molar-refractivity contribution in [2.75, 3.05) is 13.2 Å². The average Bonchev–Trinajstić information content (AvgIpc) is 2.67. The van der Waals surface area contributed by atoms with Crippen LogP contribution in [0.25, 0.3) is 0 Å². The maximum absolute atomic E-state index is 12.3. The monoisotopic (exact) mass is 249 g/mol. The summed E-state index contributed by atoms with van der Waals surface area (Å²) in [5.74, 6) is -0.286. The van der Waals surface area contributed by atoms with Crippen LogP contribution < -0.4 is 0 Å². The highest BCUT2D eigenvalue weighted by Crippen LogP contribution is 2.56. The van der Waals surface area contributed by atoms with E-state index in [0.29, 0.717) is 25.6 Å². The van der Waals surface area contributed by atoms with Crippen LogP contribution >= 0.6 is 7.60 Å². The second-order valence-corrected chi connectivity index (χ2v) is 6.05. The molecule has 1 rings (SSSR count). The summed E-state index contributed by atoms with van der Waals surface area (Å²) in [4.78, 5) is 5.17. The number of hydrogen-bond donors (Lipinski definition) is 0. The van der Waals surface area contributed by atoms with Crippen LogP contribution in [0.4, 0.5) is 0 Å². The van der Waals surface area contributed by atoms with Crippen molar-refractivity contribution in [2.24, 2.45) is 11.1 Å². The first-order chi connectivity index (χ1) is 7.53. The van der Waals surface area contributed by atoms with E-state index in [1.165, 1.54) is 0 Å². The Morgan fingerprint density at radius 3 is 2.38 bits per heavy atom. The van der Waals surface area contributed by atoms with Crippen LogP contribution in [0.3, 0.4) is 0 Å². The molecule has 0 aromatic carbocycles. The Morgan fingerprint density at radius 1 is 1.44 bits per heavy atom. The number of hydrogen-bond acceptors (Lipinski definition) is 5.